The number of halogens is 5. The summed E-state index contributed by atoms with van der Waals surface area (Å²) >= 11 is 6.23. The van der Waals surface area contributed by atoms with Gasteiger partial charge in [-0.2, -0.15) is 18.3 Å². The maximum absolute atomic E-state index is 13.9. The number of benzene rings is 2. The minimum absolute atomic E-state index is 0.0453. The van der Waals surface area contributed by atoms with E-state index < -0.39 is 23.6 Å². The molecule has 1 aliphatic carbocycles. The summed E-state index contributed by atoms with van der Waals surface area (Å²) in [4.78, 5) is 12.5. The van der Waals surface area contributed by atoms with Gasteiger partial charge in [-0.05, 0) is 61.7 Å². The van der Waals surface area contributed by atoms with Gasteiger partial charge in [0.15, 0.2) is 5.69 Å². The summed E-state index contributed by atoms with van der Waals surface area (Å²) in [6.07, 6.45) is -0.0962. The molecule has 0 aliphatic heterocycles. The second-order valence-corrected chi connectivity index (χ2v) is 7.98. The predicted molar refractivity (Wildman–Crippen MR) is 119 cm³/mol. The van der Waals surface area contributed by atoms with Crippen molar-refractivity contribution in [1.82, 2.24) is 9.78 Å². The van der Waals surface area contributed by atoms with Crippen molar-refractivity contribution in [3.63, 3.8) is 0 Å². The van der Waals surface area contributed by atoms with Crippen LogP contribution in [0.5, 0.6) is 0 Å². The minimum atomic E-state index is -4.63. The van der Waals surface area contributed by atoms with Gasteiger partial charge in [-0.25, -0.2) is 9.07 Å². The van der Waals surface area contributed by atoms with E-state index in [0.717, 1.165) is 11.6 Å². The minimum Gasteiger partial charge on any atom is -0.319 e. The summed E-state index contributed by atoms with van der Waals surface area (Å²) in [6, 6.07) is 11.3. The zero-order valence-electron chi connectivity index (χ0n) is 17.4. The molecule has 33 heavy (non-hydrogen) atoms. The summed E-state index contributed by atoms with van der Waals surface area (Å²) in [6.45, 7) is 1.77. The highest BCUT2D eigenvalue weighted by Crippen LogP contribution is 2.36. The summed E-state index contributed by atoms with van der Waals surface area (Å²) < 4.78 is 55.3. The van der Waals surface area contributed by atoms with E-state index in [1.807, 2.05) is 6.08 Å². The van der Waals surface area contributed by atoms with E-state index in [9.17, 15) is 22.4 Å². The highest BCUT2D eigenvalue weighted by Gasteiger charge is 2.35. The standard InChI is InChI=1S/C24H18ClF4N3O/c1-14-6-11-18(26)19(12-14)30-23(33)16-9-7-15(8-10-16)21-13-22(24(27,28)29)31-32(21)20-5-3-2-4-17(20)25/h2,4,6-13H,3,5H2,1H3,(H,30,33). The van der Waals surface area contributed by atoms with Gasteiger partial charge in [0, 0.05) is 11.1 Å². The lowest BCUT2D eigenvalue weighted by molar-refractivity contribution is -0.141. The number of allylic oxidation sites excluding steroid dienone is 4. The Morgan fingerprint density at radius 2 is 1.85 bits per heavy atom. The number of aryl methyl sites for hydroxylation is 1. The van der Waals surface area contributed by atoms with Crippen LogP contribution in [0.4, 0.5) is 23.2 Å². The van der Waals surface area contributed by atoms with E-state index in [1.54, 1.807) is 19.1 Å². The first-order valence-electron chi connectivity index (χ1n) is 10.0. The Kier molecular flexibility index (Phi) is 6.12. The SMILES string of the molecule is Cc1ccc(F)c(NC(=O)c2ccc(-c3cc(C(F)(F)F)nn3C3=C(Cl)C=CCC3)cc2)c1. The van der Waals surface area contributed by atoms with E-state index in [2.05, 4.69) is 10.4 Å². The number of aromatic nitrogens is 2. The Balaban J connectivity index is 1.67. The van der Waals surface area contributed by atoms with Gasteiger partial charge in [0.25, 0.3) is 5.91 Å². The van der Waals surface area contributed by atoms with E-state index >= 15 is 0 Å². The van der Waals surface area contributed by atoms with Crippen LogP contribution < -0.4 is 5.32 Å². The maximum Gasteiger partial charge on any atom is 0.435 e. The number of hydrogen-bond acceptors (Lipinski definition) is 2. The molecule has 0 bridgehead atoms. The molecule has 4 nitrogen and oxygen atoms in total. The summed E-state index contributed by atoms with van der Waals surface area (Å²) in [5.74, 6) is -1.11. The average molecular weight is 476 g/mol. The third-order valence-corrected chi connectivity index (χ3v) is 5.50. The van der Waals surface area contributed by atoms with Crippen molar-refractivity contribution in [3.8, 4) is 11.3 Å². The van der Waals surface area contributed by atoms with Crippen LogP contribution in [-0.2, 0) is 6.18 Å². The van der Waals surface area contributed by atoms with Crippen LogP contribution in [0.15, 0.2) is 65.7 Å². The molecule has 1 heterocycles. The van der Waals surface area contributed by atoms with Gasteiger partial charge >= 0.3 is 6.18 Å². The molecular weight excluding hydrogens is 458 g/mol. The molecule has 170 valence electrons. The van der Waals surface area contributed by atoms with Crippen LogP contribution >= 0.6 is 11.6 Å². The first kappa shape index (κ1) is 22.8. The molecule has 9 heteroatoms. The number of carbonyl (C=O) groups excluding carboxylic acids is 1. The molecule has 3 aromatic rings. The number of alkyl halides is 3. The number of nitrogens with one attached hydrogen (secondary N) is 1. The van der Waals surface area contributed by atoms with E-state index in [-0.39, 0.29) is 16.9 Å². The zero-order chi connectivity index (χ0) is 23.8. The van der Waals surface area contributed by atoms with Gasteiger partial charge in [0.2, 0.25) is 0 Å². The second kappa shape index (κ2) is 8.86. The Bertz CT molecular complexity index is 1270. The Hall–Kier alpha value is -3.39. The third-order valence-electron chi connectivity index (χ3n) is 5.16. The van der Waals surface area contributed by atoms with Crippen LogP contribution in [0.3, 0.4) is 0 Å². The highest BCUT2D eigenvalue weighted by atomic mass is 35.5. The topological polar surface area (TPSA) is 46.9 Å². The van der Waals surface area contributed by atoms with Crippen LogP contribution in [0.2, 0.25) is 0 Å². The molecule has 0 unspecified atom stereocenters. The molecule has 2 aromatic carbocycles. The molecule has 0 fully saturated rings. The van der Waals surface area contributed by atoms with E-state index in [4.69, 9.17) is 11.6 Å². The molecule has 0 spiro atoms. The lowest BCUT2D eigenvalue weighted by atomic mass is 10.1. The molecule has 1 aliphatic rings. The van der Waals surface area contributed by atoms with Gasteiger partial charge in [0.05, 0.1) is 22.1 Å². The summed E-state index contributed by atoms with van der Waals surface area (Å²) in [5, 5.41) is 6.58. The molecule has 0 saturated carbocycles. The van der Waals surface area contributed by atoms with Crippen molar-refractivity contribution in [2.45, 2.75) is 25.9 Å². The third kappa shape index (κ3) is 4.85. The quantitative estimate of drug-likeness (QED) is 0.412. The number of anilines is 1. The molecule has 1 aromatic heterocycles. The van der Waals surface area contributed by atoms with Gasteiger partial charge < -0.3 is 5.32 Å². The fourth-order valence-corrected chi connectivity index (χ4v) is 3.75. The fourth-order valence-electron chi connectivity index (χ4n) is 3.48. The average Bonchev–Trinajstić information content (AvgIpc) is 3.22. The Labute approximate surface area is 192 Å². The smallest absolute Gasteiger partial charge is 0.319 e. The highest BCUT2D eigenvalue weighted by molar-refractivity contribution is 6.33. The van der Waals surface area contributed by atoms with Crippen LogP contribution in [0.1, 0.15) is 34.5 Å². The zero-order valence-corrected chi connectivity index (χ0v) is 18.1. The van der Waals surface area contributed by atoms with Crippen molar-refractivity contribution in [2.75, 3.05) is 5.32 Å². The number of nitrogens with zero attached hydrogens (tertiary/aromatic N) is 2. The fraction of sp³-hybridized carbons (Fsp3) is 0.167. The lowest BCUT2D eigenvalue weighted by Gasteiger charge is -2.15. The van der Waals surface area contributed by atoms with Crippen molar-refractivity contribution >= 4 is 28.9 Å². The molecule has 0 saturated heterocycles. The summed E-state index contributed by atoms with van der Waals surface area (Å²) in [7, 11) is 0. The molecule has 1 amide bonds. The molecule has 4 rings (SSSR count). The Morgan fingerprint density at radius 1 is 1.12 bits per heavy atom. The normalized spacial score (nSPS) is 14.0. The number of amides is 1. The molecule has 1 N–H and O–H groups in total. The lowest BCUT2D eigenvalue weighted by Crippen LogP contribution is -2.13. The van der Waals surface area contributed by atoms with Crippen LogP contribution in [0, 0.1) is 12.7 Å². The molecule has 0 radical (unpaired) electrons. The second-order valence-electron chi connectivity index (χ2n) is 7.57. The van der Waals surface area contributed by atoms with Crippen molar-refractivity contribution in [1.29, 1.82) is 0 Å². The van der Waals surface area contributed by atoms with Gasteiger partial charge in [-0.1, -0.05) is 35.9 Å². The first-order valence-corrected chi connectivity index (χ1v) is 10.4. The number of hydrogen-bond donors (Lipinski definition) is 1. The Morgan fingerprint density at radius 3 is 2.52 bits per heavy atom. The van der Waals surface area contributed by atoms with E-state index in [0.29, 0.717) is 29.1 Å². The number of carbonyl (C=O) groups is 1. The first-order chi connectivity index (χ1) is 15.6. The van der Waals surface area contributed by atoms with Gasteiger partial charge in [0.1, 0.15) is 5.82 Å². The monoisotopic (exact) mass is 475 g/mol. The van der Waals surface area contributed by atoms with Gasteiger partial charge in [-0.3, -0.25) is 4.79 Å². The maximum atomic E-state index is 13.9. The van der Waals surface area contributed by atoms with Crippen molar-refractivity contribution in [3.05, 3.63) is 88.4 Å². The number of rotatable bonds is 4. The molecular formula is C24H18ClF4N3O. The van der Waals surface area contributed by atoms with Crippen LogP contribution in [-0.4, -0.2) is 15.7 Å². The van der Waals surface area contributed by atoms with Crippen LogP contribution in [0.25, 0.3) is 17.0 Å². The van der Waals surface area contributed by atoms with E-state index in [1.165, 1.54) is 41.1 Å². The van der Waals surface area contributed by atoms with Gasteiger partial charge in [-0.15, -0.1) is 0 Å². The molecule has 0 atom stereocenters. The van der Waals surface area contributed by atoms with Crippen molar-refractivity contribution < 1.29 is 22.4 Å². The van der Waals surface area contributed by atoms with Crippen molar-refractivity contribution in [2.24, 2.45) is 0 Å². The predicted octanol–water partition coefficient (Wildman–Crippen LogP) is 7.03. The largest absolute Gasteiger partial charge is 0.435 e. The summed E-state index contributed by atoms with van der Waals surface area (Å²) in [5.41, 5.74) is 1.08.